The molecule has 5 heteroatoms. The molecule has 1 aliphatic rings. The number of hydrogen-bond donors (Lipinski definition) is 1. The SMILES string of the molecule is OC1(c2ccccc2)CCN(CCn2cc(Cl)cn2)C1. The Morgan fingerprint density at radius 3 is 2.75 bits per heavy atom. The molecule has 2 heterocycles. The molecule has 2 aromatic rings. The average Bonchev–Trinajstić information content (AvgIpc) is 3.05. The molecule has 0 bridgehead atoms. The van der Waals surface area contributed by atoms with Gasteiger partial charge in [0.25, 0.3) is 0 Å². The van der Waals surface area contributed by atoms with Crippen LogP contribution in [0.2, 0.25) is 5.02 Å². The third kappa shape index (κ3) is 2.87. The van der Waals surface area contributed by atoms with E-state index in [0.717, 1.165) is 31.6 Å². The number of likely N-dealkylation sites (tertiary alicyclic amines) is 1. The second-order valence-corrected chi connectivity index (χ2v) is 5.78. The molecule has 0 amide bonds. The second kappa shape index (κ2) is 5.56. The van der Waals surface area contributed by atoms with Gasteiger partial charge in [-0.15, -0.1) is 0 Å². The quantitative estimate of drug-likeness (QED) is 0.938. The molecule has 1 unspecified atom stereocenters. The van der Waals surface area contributed by atoms with Gasteiger partial charge in [0, 0.05) is 25.8 Å². The number of rotatable bonds is 4. The van der Waals surface area contributed by atoms with Gasteiger partial charge in [-0.3, -0.25) is 9.58 Å². The zero-order valence-electron chi connectivity index (χ0n) is 11.2. The highest BCUT2D eigenvalue weighted by atomic mass is 35.5. The van der Waals surface area contributed by atoms with Gasteiger partial charge in [-0.25, -0.2) is 0 Å². The first-order valence-corrected chi connectivity index (χ1v) is 7.22. The van der Waals surface area contributed by atoms with Gasteiger partial charge in [0.05, 0.1) is 17.8 Å². The van der Waals surface area contributed by atoms with Gasteiger partial charge < -0.3 is 5.11 Å². The van der Waals surface area contributed by atoms with Gasteiger partial charge >= 0.3 is 0 Å². The molecular weight excluding hydrogens is 274 g/mol. The van der Waals surface area contributed by atoms with Gasteiger partial charge in [-0.1, -0.05) is 41.9 Å². The minimum atomic E-state index is -0.719. The van der Waals surface area contributed by atoms with E-state index in [1.807, 2.05) is 41.2 Å². The topological polar surface area (TPSA) is 41.3 Å². The lowest BCUT2D eigenvalue weighted by Gasteiger charge is -2.24. The summed E-state index contributed by atoms with van der Waals surface area (Å²) in [6, 6.07) is 9.91. The highest BCUT2D eigenvalue weighted by molar-refractivity contribution is 6.30. The maximum atomic E-state index is 10.7. The van der Waals surface area contributed by atoms with Crippen LogP contribution in [-0.2, 0) is 12.1 Å². The van der Waals surface area contributed by atoms with Gasteiger partial charge in [-0.05, 0) is 12.0 Å². The monoisotopic (exact) mass is 291 g/mol. The van der Waals surface area contributed by atoms with E-state index in [0.29, 0.717) is 11.6 Å². The lowest BCUT2D eigenvalue weighted by molar-refractivity contribution is 0.0457. The summed E-state index contributed by atoms with van der Waals surface area (Å²) < 4.78 is 1.84. The van der Waals surface area contributed by atoms with Crippen molar-refractivity contribution in [2.24, 2.45) is 0 Å². The Labute approximate surface area is 123 Å². The molecule has 1 aromatic carbocycles. The normalized spacial score (nSPS) is 23.3. The van der Waals surface area contributed by atoms with Crippen LogP contribution in [0.5, 0.6) is 0 Å². The minimum absolute atomic E-state index is 0.659. The molecular formula is C15H18ClN3O. The molecule has 20 heavy (non-hydrogen) atoms. The Morgan fingerprint density at radius 2 is 2.05 bits per heavy atom. The van der Waals surface area contributed by atoms with E-state index in [2.05, 4.69) is 10.00 Å². The summed E-state index contributed by atoms with van der Waals surface area (Å²) in [6.45, 7) is 3.23. The highest BCUT2D eigenvalue weighted by Crippen LogP contribution is 2.31. The molecule has 1 aliphatic heterocycles. The van der Waals surface area contributed by atoms with Crippen LogP contribution in [-0.4, -0.2) is 39.4 Å². The molecule has 0 aliphatic carbocycles. The van der Waals surface area contributed by atoms with E-state index in [4.69, 9.17) is 11.6 Å². The minimum Gasteiger partial charge on any atom is -0.384 e. The van der Waals surface area contributed by atoms with Crippen LogP contribution in [0, 0.1) is 0 Å². The largest absolute Gasteiger partial charge is 0.384 e. The van der Waals surface area contributed by atoms with Crippen molar-refractivity contribution in [2.45, 2.75) is 18.6 Å². The van der Waals surface area contributed by atoms with E-state index in [9.17, 15) is 5.11 Å². The van der Waals surface area contributed by atoms with Crippen LogP contribution >= 0.6 is 11.6 Å². The predicted octanol–water partition coefficient (Wildman–Crippen LogP) is 2.13. The van der Waals surface area contributed by atoms with Gasteiger partial charge in [0.15, 0.2) is 0 Å². The van der Waals surface area contributed by atoms with Crippen molar-refractivity contribution >= 4 is 11.6 Å². The zero-order valence-corrected chi connectivity index (χ0v) is 12.0. The van der Waals surface area contributed by atoms with Gasteiger partial charge in [-0.2, -0.15) is 5.10 Å². The molecule has 0 spiro atoms. The number of aliphatic hydroxyl groups is 1. The number of hydrogen-bond acceptors (Lipinski definition) is 3. The van der Waals surface area contributed by atoms with Crippen molar-refractivity contribution in [3.8, 4) is 0 Å². The summed E-state index contributed by atoms with van der Waals surface area (Å²) in [4.78, 5) is 2.27. The summed E-state index contributed by atoms with van der Waals surface area (Å²) in [5, 5.41) is 15.6. The molecule has 0 saturated carbocycles. The second-order valence-electron chi connectivity index (χ2n) is 5.35. The fourth-order valence-corrected chi connectivity index (χ4v) is 2.91. The smallest absolute Gasteiger partial charge is 0.103 e. The molecule has 1 saturated heterocycles. The zero-order chi connectivity index (χ0) is 14.0. The van der Waals surface area contributed by atoms with Crippen molar-refractivity contribution in [2.75, 3.05) is 19.6 Å². The first-order valence-electron chi connectivity index (χ1n) is 6.84. The Kier molecular flexibility index (Phi) is 3.78. The fourth-order valence-electron chi connectivity index (χ4n) is 2.75. The van der Waals surface area contributed by atoms with Crippen molar-refractivity contribution in [3.63, 3.8) is 0 Å². The summed E-state index contributed by atoms with van der Waals surface area (Å²) in [7, 11) is 0. The summed E-state index contributed by atoms with van der Waals surface area (Å²) >= 11 is 5.84. The summed E-state index contributed by atoms with van der Waals surface area (Å²) in [5.74, 6) is 0. The van der Waals surface area contributed by atoms with E-state index in [-0.39, 0.29) is 0 Å². The van der Waals surface area contributed by atoms with E-state index in [1.165, 1.54) is 0 Å². The Bertz CT molecular complexity index is 572. The first-order chi connectivity index (χ1) is 9.66. The molecule has 3 rings (SSSR count). The molecule has 106 valence electrons. The number of β-amino-alcohol motifs (C(OH)–C–C–N with tert-alkyl or cyclic N) is 1. The molecule has 4 nitrogen and oxygen atoms in total. The number of nitrogens with zero attached hydrogens (tertiary/aromatic N) is 3. The Hall–Kier alpha value is -1.36. The fraction of sp³-hybridized carbons (Fsp3) is 0.400. The summed E-state index contributed by atoms with van der Waals surface area (Å²) in [6.07, 6.45) is 4.24. The van der Waals surface area contributed by atoms with Crippen LogP contribution in [0.4, 0.5) is 0 Å². The maximum Gasteiger partial charge on any atom is 0.103 e. The van der Waals surface area contributed by atoms with E-state index in [1.54, 1.807) is 6.20 Å². The third-order valence-electron chi connectivity index (χ3n) is 3.88. The molecule has 0 radical (unpaired) electrons. The van der Waals surface area contributed by atoms with Crippen LogP contribution in [0.1, 0.15) is 12.0 Å². The summed E-state index contributed by atoms with van der Waals surface area (Å²) in [5.41, 5.74) is 0.285. The first kappa shape index (κ1) is 13.6. The molecule has 1 atom stereocenters. The highest BCUT2D eigenvalue weighted by Gasteiger charge is 2.37. The van der Waals surface area contributed by atoms with Crippen molar-refractivity contribution in [1.82, 2.24) is 14.7 Å². The number of aromatic nitrogens is 2. The standard InChI is InChI=1S/C15H18ClN3O/c16-14-10-17-19(11-14)9-8-18-7-6-15(20,12-18)13-4-2-1-3-5-13/h1-5,10-11,20H,6-9,12H2. The lowest BCUT2D eigenvalue weighted by atomic mass is 9.93. The third-order valence-corrected chi connectivity index (χ3v) is 4.08. The van der Waals surface area contributed by atoms with Crippen LogP contribution in [0.15, 0.2) is 42.7 Å². The van der Waals surface area contributed by atoms with Crippen molar-refractivity contribution < 1.29 is 5.11 Å². The van der Waals surface area contributed by atoms with Crippen molar-refractivity contribution in [3.05, 3.63) is 53.3 Å². The molecule has 1 N–H and O–H groups in total. The average molecular weight is 292 g/mol. The number of halogens is 1. The Morgan fingerprint density at radius 1 is 1.25 bits per heavy atom. The van der Waals surface area contributed by atoms with E-state index >= 15 is 0 Å². The Balaban J connectivity index is 1.59. The molecule has 1 fully saturated rings. The van der Waals surface area contributed by atoms with Crippen molar-refractivity contribution in [1.29, 1.82) is 0 Å². The van der Waals surface area contributed by atoms with Crippen LogP contribution < -0.4 is 0 Å². The maximum absolute atomic E-state index is 10.7. The predicted molar refractivity (Wildman–Crippen MR) is 78.6 cm³/mol. The van der Waals surface area contributed by atoms with Crippen LogP contribution in [0.3, 0.4) is 0 Å². The number of benzene rings is 1. The molecule has 1 aromatic heterocycles. The van der Waals surface area contributed by atoms with Gasteiger partial charge in [0.1, 0.15) is 5.60 Å². The van der Waals surface area contributed by atoms with Gasteiger partial charge in [0.2, 0.25) is 0 Å². The van der Waals surface area contributed by atoms with Crippen LogP contribution in [0.25, 0.3) is 0 Å². The van der Waals surface area contributed by atoms with E-state index < -0.39 is 5.60 Å². The lowest BCUT2D eigenvalue weighted by Crippen LogP contribution is -2.32.